The van der Waals surface area contributed by atoms with Gasteiger partial charge in [0.2, 0.25) is 0 Å². The van der Waals surface area contributed by atoms with Gasteiger partial charge in [0.25, 0.3) is 0 Å². The summed E-state index contributed by atoms with van der Waals surface area (Å²) in [4.78, 5) is 13.5. The van der Waals surface area contributed by atoms with Crippen LogP contribution in [-0.4, -0.2) is 96.1 Å². The van der Waals surface area contributed by atoms with Gasteiger partial charge in [-0.25, -0.2) is 8.78 Å². The monoisotopic (exact) mass is 689 g/mol. The maximum Gasteiger partial charge on any atom is 0.573 e. The molecule has 2 aromatic carbocycles. The van der Waals surface area contributed by atoms with Crippen molar-refractivity contribution in [1.82, 2.24) is 30.4 Å². The Kier molecular flexibility index (Phi) is 8.80. The van der Waals surface area contributed by atoms with Gasteiger partial charge in [-0.05, 0) is 50.3 Å². The third kappa shape index (κ3) is 6.84. The topological polar surface area (TPSA) is 101 Å². The van der Waals surface area contributed by atoms with Gasteiger partial charge in [-0.2, -0.15) is 15.1 Å². The highest BCUT2D eigenvalue weighted by molar-refractivity contribution is 6.02. The van der Waals surface area contributed by atoms with Crippen molar-refractivity contribution in [3.05, 3.63) is 35.5 Å². The Balaban J connectivity index is 1.36. The fraction of sp³-hybridized carbons (Fsp3) is 0.559. The first kappa shape index (κ1) is 33.7. The SMILES string of the molecule is Cc1cc2[nH]ncc2c(-c2c(F)cc3c(N4C[C@@H](C)N[C@H](C(C)C)C4)nc(OCC4(CN5CCOCC5)CC4)nc3c2F)c1OC(F)(F)F. The number of nitrogens with zero attached hydrogens (tertiary/aromatic N) is 5. The fourth-order valence-corrected chi connectivity index (χ4v) is 7.06. The molecule has 4 aromatic rings. The van der Waals surface area contributed by atoms with Crippen LogP contribution in [0.4, 0.5) is 27.8 Å². The highest BCUT2D eigenvalue weighted by Gasteiger charge is 2.45. The number of fused-ring (bicyclic) bond motifs is 2. The molecule has 0 radical (unpaired) electrons. The predicted octanol–water partition coefficient (Wildman–Crippen LogP) is 5.97. The molecule has 0 unspecified atom stereocenters. The van der Waals surface area contributed by atoms with Gasteiger partial charge in [-0.15, -0.1) is 13.2 Å². The molecule has 2 N–H and O–H groups in total. The highest BCUT2D eigenvalue weighted by Crippen LogP contribution is 2.48. The van der Waals surface area contributed by atoms with E-state index in [4.69, 9.17) is 14.5 Å². The number of H-pyrrole nitrogens is 1. The summed E-state index contributed by atoms with van der Waals surface area (Å²) in [5.74, 6) is -2.41. The van der Waals surface area contributed by atoms with Crippen LogP contribution in [0.15, 0.2) is 18.3 Å². The number of alkyl halides is 3. The lowest BCUT2D eigenvalue weighted by Gasteiger charge is -2.40. The lowest BCUT2D eigenvalue weighted by molar-refractivity contribution is -0.274. The zero-order chi connectivity index (χ0) is 34.7. The fourth-order valence-electron chi connectivity index (χ4n) is 7.06. The Bertz CT molecular complexity index is 1860. The second-order valence-corrected chi connectivity index (χ2v) is 14.1. The van der Waals surface area contributed by atoms with Crippen molar-refractivity contribution in [2.24, 2.45) is 11.3 Å². The number of morpholine rings is 1. The number of ether oxygens (including phenoxy) is 3. The van der Waals surface area contributed by atoms with E-state index in [2.05, 4.69) is 44.0 Å². The first-order chi connectivity index (χ1) is 23.3. The number of benzene rings is 2. The summed E-state index contributed by atoms with van der Waals surface area (Å²) in [6.07, 6.45) is -2.00. The van der Waals surface area contributed by atoms with E-state index in [9.17, 15) is 13.2 Å². The van der Waals surface area contributed by atoms with Gasteiger partial charge in [0.15, 0.2) is 5.82 Å². The number of hydrogen-bond donors (Lipinski definition) is 2. The van der Waals surface area contributed by atoms with Crippen molar-refractivity contribution in [2.75, 3.05) is 57.4 Å². The van der Waals surface area contributed by atoms with Gasteiger partial charge in [-0.3, -0.25) is 10.00 Å². The first-order valence-electron chi connectivity index (χ1n) is 16.7. The van der Waals surface area contributed by atoms with Gasteiger partial charge >= 0.3 is 12.4 Å². The highest BCUT2D eigenvalue weighted by atomic mass is 19.4. The molecule has 3 fully saturated rings. The van der Waals surface area contributed by atoms with Crippen LogP contribution in [0.3, 0.4) is 0 Å². The maximum absolute atomic E-state index is 17.0. The molecule has 10 nitrogen and oxygen atoms in total. The second kappa shape index (κ2) is 12.8. The number of halogens is 5. The average molecular weight is 690 g/mol. The molecule has 1 saturated carbocycles. The van der Waals surface area contributed by atoms with E-state index in [1.54, 1.807) is 0 Å². The number of piperazine rings is 1. The van der Waals surface area contributed by atoms with Gasteiger partial charge < -0.3 is 24.4 Å². The largest absolute Gasteiger partial charge is 0.573 e. The standard InChI is InChI=1S/C34H40F5N7O3/c1-18(2)25-15-46(14-20(4)41-25)31-21-12-23(35)27(26-22-13-40-44-24(22)11-19(3)30(26)49-34(37,38)39)28(36)29(21)42-32(43-31)48-17-33(5-6-33)16-45-7-9-47-10-8-45/h11-13,18,20,25,41H,5-10,14-17H2,1-4H3,(H,40,44)/t20-,25+/m1/s1. The molecule has 15 heteroatoms. The quantitative estimate of drug-likeness (QED) is 0.206. The van der Waals surface area contributed by atoms with E-state index in [1.807, 2.05) is 11.8 Å². The molecule has 2 aliphatic heterocycles. The van der Waals surface area contributed by atoms with E-state index >= 15 is 8.78 Å². The third-order valence-corrected chi connectivity index (χ3v) is 9.84. The Hall–Kier alpha value is -3.82. The minimum absolute atomic E-state index is 0.0138. The van der Waals surface area contributed by atoms with E-state index in [-0.39, 0.29) is 56.8 Å². The number of aryl methyl sites for hydroxylation is 1. The van der Waals surface area contributed by atoms with E-state index in [0.717, 1.165) is 38.5 Å². The third-order valence-electron chi connectivity index (χ3n) is 9.84. The summed E-state index contributed by atoms with van der Waals surface area (Å²) >= 11 is 0. The number of anilines is 1. The van der Waals surface area contributed by atoms with E-state index in [1.165, 1.54) is 19.2 Å². The minimum atomic E-state index is -5.12. The smallest absolute Gasteiger partial charge is 0.463 e. The Morgan fingerprint density at radius 1 is 1.06 bits per heavy atom. The molecule has 1 aliphatic carbocycles. The molecule has 49 heavy (non-hydrogen) atoms. The van der Waals surface area contributed by atoms with Gasteiger partial charge in [0, 0.05) is 66.6 Å². The maximum atomic E-state index is 17.0. The molecular formula is C34H40F5N7O3. The summed E-state index contributed by atoms with van der Waals surface area (Å²) in [6, 6.07) is 2.51. The van der Waals surface area contributed by atoms with Crippen molar-refractivity contribution in [1.29, 1.82) is 0 Å². The summed E-state index contributed by atoms with van der Waals surface area (Å²) in [6.45, 7) is 12.7. The molecule has 3 aliphatic rings. The van der Waals surface area contributed by atoms with Crippen LogP contribution in [0, 0.1) is 29.9 Å². The number of hydrogen-bond acceptors (Lipinski definition) is 9. The number of nitrogens with one attached hydrogen (secondary N) is 2. The lowest BCUT2D eigenvalue weighted by Crippen LogP contribution is -2.57. The molecule has 2 aromatic heterocycles. The van der Waals surface area contributed by atoms with Crippen molar-refractivity contribution in [3.63, 3.8) is 0 Å². The van der Waals surface area contributed by atoms with E-state index in [0.29, 0.717) is 38.7 Å². The van der Waals surface area contributed by atoms with Crippen LogP contribution in [0.5, 0.6) is 11.8 Å². The van der Waals surface area contributed by atoms with E-state index < -0.39 is 34.9 Å². The normalized spacial score (nSPS) is 21.6. The van der Waals surface area contributed by atoms with Crippen LogP contribution < -0.4 is 19.7 Å². The zero-order valence-corrected chi connectivity index (χ0v) is 27.9. The van der Waals surface area contributed by atoms with Crippen LogP contribution in [0.25, 0.3) is 32.9 Å². The molecule has 264 valence electrons. The molecule has 0 amide bonds. The van der Waals surface area contributed by atoms with Crippen molar-refractivity contribution in [2.45, 2.75) is 59.0 Å². The van der Waals surface area contributed by atoms with Gasteiger partial charge in [0.1, 0.15) is 22.9 Å². The van der Waals surface area contributed by atoms with Gasteiger partial charge in [-0.1, -0.05) is 13.8 Å². The van der Waals surface area contributed by atoms with Crippen molar-refractivity contribution in [3.8, 4) is 22.9 Å². The number of aromatic nitrogens is 4. The lowest BCUT2D eigenvalue weighted by atomic mass is 9.95. The molecule has 2 saturated heterocycles. The molecule has 0 bridgehead atoms. The molecule has 0 spiro atoms. The molecular weight excluding hydrogens is 649 g/mol. The summed E-state index contributed by atoms with van der Waals surface area (Å²) in [5, 5.41) is 10.3. The van der Waals surface area contributed by atoms with Crippen molar-refractivity contribution < 1.29 is 36.2 Å². The summed E-state index contributed by atoms with van der Waals surface area (Å²) in [7, 11) is 0. The number of aromatic amines is 1. The van der Waals surface area contributed by atoms with Crippen LogP contribution in [0.2, 0.25) is 0 Å². The summed E-state index contributed by atoms with van der Waals surface area (Å²) < 4.78 is 90.5. The van der Waals surface area contributed by atoms with Crippen molar-refractivity contribution >= 4 is 27.6 Å². The Labute approximate surface area is 280 Å². The Morgan fingerprint density at radius 2 is 1.82 bits per heavy atom. The minimum Gasteiger partial charge on any atom is -0.463 e. The molecule has 7 rings (SSSR count). The van der Waals surface area contributed by atoms with Crippen LogP contribution >= 0.6 is 0 Å². The Morgan fingerprint density at radius 3 is 2.51 bits per heavy atom. The second-order valence-electron chi connectivity index (χ2n) is 14.1. The molecule has 4 heterocycles. The van der Waals surface area contributed by atoms with Crippen LogP contribution in [-0.2, 0) is 4.74 Å². The van der Waals surface area contributed by atoms with Crippen LogP contribution in [0.1, 0.15) is 39.2 Å². The summed E-state index contributed by atoms with van der Waals surface area (Å²) in [5.41, 5.74) is -1.20. The molecule has 2 atom stereocenters. The zero-order valence-electron chi connectivity index (χ0n) is 27.9. The number of rotatable bonds is 9. The average Bonchev–Trinajstić information content (AvgIpc) is 3.65. The predicted molar refractivity (Wildman–Crippen MR) is 174 cm³/mol. The first-order valence-corrected chi connectivity index (χ1v) is 16.7. The van der Waals surface area contributed by atoms with Gasteiger partial charge in [0.05, 0.1) is 37.1 Å².